The number of hydrogen-bond acceptors (Lipinski definition) is 3. The van der Waals surface area contributed by atoms with E-state index in [1.165, 1.54) is 6.08 Å². The Bertz CT molecular complexity index is 647. The molecule has 2 rings (SSSR count). The smallest absolute Gasteiger partial charge is 0.251 e. The van der Waals surface area contributed by atoms with Crippen molar-refractivity contribution in [3.8, 4) is 0 Å². The fraction of sp³-hybridized carbons (Fsp3) is 0.182. The van der Waals surface area contributed by atoms with Crippen LogP contribution in [0, 0.1) is 17.5 Å². The fourth-order valence-electron chi connectivity index (χ4n) is 1.60. The van der Waals surface area contributed by atoms with Gasteiger partial charge in [0.25, 0.3) is 5.91 Å². The highest BCUT2D eigenvalue weighted by atomic mass is 32.2. The molecule has 19 heavy (non-hydrogen) atoms. The van der Waals surface area contributed by atoms with Gasteiger partial charge < -0.3 is 5.32 Å². The van der Waals surface area contributed by atoms with Crippen LogP contribution >= 0.6 is 0 Å². The molecule has 4 nitrogen and oxygen atoms in total. The van der Waals surface area contributed by atoms with Crippen LogP contribution in [0.5, 0.6) is 0 Å². The number of carbonyl (C=O) groups excluding carboxylic acids is 1. The monoisotopic (exact) mass is 291 g/mol. The van der Waals surface area contributed by atoms with Crippen molar-refractivity contribution in [1.82, 2.24) is 5.32 Å². The minimum atomic E-state index is -3.35. The topological polar surface area (TPSA) is 63.2 Å². The van der Waals surface area contributed by atoms with Crippen molar-refractivity contribution in [2.24, 2.45) is 0 Å². The number of rotatable bonds is 2. The second-order valence-electron chi connectivity index (χ2n) is 3.99. The van der Waals surface area contributed by atoms with Crippen LogP contribution in [0.4, 0.5) is 13.2 Å². The Labute approximate surface area is 106 Å². The van der Waals surface area contributed by atoms with Gasteiger partial charge in [0.05, 0.1) is 11.8 Å². The number of sulfone groups is 1. The molecule has 8 heteroatoms. The van der Waals surface area contributed by atoms with Gasteiger partial charge in [-0.05, 0) is 18.2 Å². The lowest BCUT2D eigenvalue weighted by Crippen LogP contribution is -2.35. The first-order valence-corrected chi connectivity index (χ1v) is 6.86. The van der Waals surface area contributed by atoms with Gasteiger partial charge in [-0.25, -0.2) is 21.6 Å². The minimum absolute atomic E-state index is 0.315. The number of benzene rings is 1. The number of halogens is 3. The van der Waals surface area contributed by atoms with E-state index in [1.54, 1.807) is 0 Å². The van der Waals surface area contributed by atoms with Gasteiger partial charge in [0.15, 0.2) is 27.3 Å². The Morgan fingerprint density at radius 3 is 2.26 bits per heavy atom. The predicted octanol–water partition coefficient (Wildman–Crippen LogP) is 1.14. The van der Waals surface area contributed by atoms with Crippen LogP contribution in [0.25, 0.3) is 0 Å². The first-order chi connectivity index (χ1) is 8.78. The average molecular weight is 291 g/mol. The lowest BCUT2D eigenvalue weighted by atomic mass is 10.2. The summed E-state index contributed by atoms with van der Waals surface area (Å²) in [6.07, 6.45) is 1.25. The first-order valence-electron chi connectivity index (χ1n) is 5.15. The van der Waals surface area contributed by atoms with Crippen LogP contribution in [0.15, 0.2) is 23.6 Å². The summed E-state index contributed by atoms with van der Waals surface area (Å²) in [6, 6.07) is 0.315. The largest absolute Gasteiger partial charge is 0.345 e. The molecule has 1 unspecified atom stereocenters. The van der Waals surface area contributed by atoms with E-state index in [4.69, 9.17) is 0 Å². The summed E-state index contributed by atoms with van der Waals surface area (Å²) in [7, 11) is -3.35. The quantitative estimate of drug-likeness (QED) is 0.831. The summed E-state index contributed by atoms with van der Waals surface area (Å²) in [5.74, 6) is -5.84. The molecule has 0 radical (unpaired) electrons. The Morgan fingerprint density at radius 1 is 1.21 bits per heavy atom. The highest BCUT2D eigenvalue weighted by Gasteiger charge is 2.24. The maximum atomic E-state index is 12.9. The standard InChI is InChI=1S/C11H8F3NO3S/c12-8-3-6(4-9(13)10(8)14)11(16)15-7-1-2-19(17,18)5-7/h1-4,7H,5H2,(H,15,16). The molecule has 1 aromatic rings. The van der Waals surface area contributed by atoms with E-state index in [-0.39, 0.29) is 5.75 Å². The van der Waals surface area contributed by atoms with Gasteiger partial charge in [0.1, 0.15) is 0 Å². The third kappa shape index (κ3) is 2.95. The fourth-order valence-corrected chi connectivity index (χ4v) is 2.84. The maximum Gasteiger partial charge on any atom is 0.251 e. The van der Waals surface area contributed by atoms with E-state index in [9.17, 15) is 26.4 Å². The number of nitrogens with one attached hydrogen (secondary N) is 1. The van der Waals surface area contributed by atoms with Crippen LogP contribution < -0.4 is 5.32 Å². The van der Waals surface area contributed by atoms with E-state index in [0.717, 1.165) is 5.41 Å². The number of carbonyl (C=O) groups is 1. The van der Waals surface area contributed by atoms with E-state index in [1.807, 2.05) is 0 Å². The van der Waals surface area contributed by atoms with E-state index in [0.29, 0.717) is 12.1 Å². The molecule has 1 N–H and O–H groups in total. The summed E-state index contributed by atoms with van der Waals surface area (Å²) in [5, 5.41) is 3.21. The molecule has 0 aliphatic carbocycles. The molecular formula is C11H8F3NO3S. The van der Waals surface area contributed by atoms with Gasteiger partial charge in [0.2, 0.25) is 0 Å². The Hall–Kier alpha value is -1.83. The van der Waals surface area contributed by atoms with Gasteiger partial charge in [-0.2, -0.15) is 0 Å². The summed E-state index contributed by atoms with van der Waals surface area (Å²) < 4.78 is 60.8. The molecule has 0 fully saturated rings. The van der Waals surface area contributed by atoms with Crippen molar-refractivity contribution in [3.05, 3.63) is 46.6 Å². The summed E-state index contributed by atoms with van der Waals surface area (Å²) in [5.41, 5.74) is -0.422. The summed E-state index contributed by atoms with van der Waals surface area (Å²) >= 11 is 0. The lowest BCUT2D eigenvalue weighted by Gasteiger charge is -2.10. The molecule has 1 amide bonds. The van der Waals surface area contributed by atoms with E-state index in [2.05, 4.69) is 5.32 Å². The molecule has 1 atom stereocenters. The van der Waals surface area contributed by atoms with Crippen molar-refractivity contribution in [2.45, 2.75) is 6.04 Å². The third-order valence-electron chi connectivity index (χ3n) is 2.49. The van der Waals surface area contributed by atoms with Crippen molar-refractivity contribution in [3.63, 3.8) is 0 Å². The van der Waals surface area contributed by atoms with Crippen molar-refractivity contribution in [1.29, 1.82) is 0 Å². The third-order valence-corrected chi connectivity index (χ3v) is 3.89. The van der Waals surface area contributed by atoms with Crippen molar-refractivity contribution in [2.75, 3.05) is 5.75 Å². The molecule has 1 aromatic carbocycles. The highest BCUT2D eigenvalue weighted by Crippen LogP contribution is 2.14. The average Bonchev–Trinajstić information content (AvgIpc) is 2.64. The first kappa shape index (κ1) is 13.6. The molecule has 102 valence electrons. The van der Waals surface area contributed by atoms with Gasteiger partial charge in [0, 0.05) is 11.0 Å². The zero-order valence-corrected chi connectivity index (χ0v) is 10.2. The van der Waals surface area contributed by atoms with Crippen LogP contribution in [0.3, 0.4) is 0 Å². The minimum Gasteiger partial charge on any atom is -0.345 e. The summed E-state index contributed by atoms with van der Waals surface area (Å²) in [4.78, 5) is 11.6. The van der Waals surface area contributed by atoms with E-state index < -0.39 is 44.8 Å². The molecule has 1 aliphatic rings. The molecule has 0 saturated heterocycles. The normalized spacial score (nSPS) is 20.5. The molecule has 0 aromatic heterocycles. The van der Waals surface area contributed by atoms with Gasteiger partial charge in [-0.1, -0.05) is 0 Å². The van der Waals surface area contributed by atoms with Crippen LogP contribution in [-0.4, -0.2) is 26.1 Å². The second kappa shape index (κ2) is 4.69. The Kier molecular flexibility index (Phi) is 3.36. The van der Waals surface area contributed by atoms with Gasteiger partial charge in [-0.15, -0.1) is 0 Å². The van der Waals surface area contributed by atoms with E-state index >= 15 is 0 Å². The second-order valence-corrected chi connectivity index (χ2v) is 5.92. The predicted molar refractivity (Wildman–Crippen MR) is 60.5 cm³/mol. The Balaban J connectivity index is 2.16. The molecule has 1 aliphatic heterocycles. The van der Waals surface area contributed by atoms with Crippen molar-refractivity contribution < 1.29 is 26.4 Å². The molecule has 0 spiro atoms. The van der Waals surface area contributed by atoms with Gasteiger partial charge in [-0.3, -0.25) is 4.79 Å². The zero-order chi connectivity index (χ0) is 14.2. The molecule has 0 bridgehead atoms. The van der Waals surface area contributed by atoms with Crippen LogP contribution in [0.1, 0.15) is 10.4 Å². The number of hydrogen-bond donors (Lipinski definition) is 1. The lowest BCUT2D eigenvalue weighted by molar-refractivity contribution is 0.0946. The van der Waals surface area contributed by atoms with Crippen molar-refractivity contribution >= 4 is 15.7 Å². The number of amides is 1. The van der Waals surface area contributed by atoms with Crippen LogP contribution in [0.2, 0.25) is 0 Å². The highest BCUT2D eigenvalue weighted by molar-refractivity contribution is 7.94. The SMILES string of the molecule is O=C(NC1C=CS(=O)(=O)C1)c1cc(F)c(F)c(F)c1. The summed E-state index contributed by atoms with van der Waals surface area (Å²) in [6.45, 7) is 0. The van der Waals surface area contributed by atoms with Gasteiger partial charge >= 0.3 is 0 Å². The van der Waals surface area contributed by atoms with Crippen LogP contribution in [-0.2, 0) is 9.84 Å². The molecule has 1 heterocycles. The zero-order valence-electron chi connectivity index (χ0n) is 9.36. The molecule has 0 saturated carbocycles. The Morgan fingerprint density at radius 2 is 1.79 bits per heavy atom. The maximum absolute atomic E-state index is 12.9. The molecular weight excluding hydrogens is 283 g/mol.